The Hall–Kier alpha value is -1.21. The van der Waals surface area contributed by atoms with Crippen LogP contribution in [0.2, 0.25) is 5.02 Å². The molecule has 2 heterocycles. The molecule has 1 fully saturated rings. The number of nitrogens with zero attached hydrogens (tertiary/aromatic N) is 3. The number of benzene rings is 1. The van der Waals surface area contributed by atoms with Crippen molar-refractivity contribution in [2.45, 2.75) is 6.67 Å². The van der Waals surface area contributed by atoms with Crippen molar-refractivity contribution in [2.24, 2.45) is 0 Å². The van der Waals surface area contributed by atoms with E-state index in [4.69, 9.17) is 33.0 Å². The average Bonchev–Trinajstić information content (AvgIpc) is 2.81. The largest absolute Gasteiger partial charge is 0.409 e. The third-order valence-corrected chi connectivity index (χ3v) is 3.77. The number of hydrogen-bond donors (Lipinski definition) is 0. The van der Waals surface area contributed by atoms with Crippen LogP contribution in [0.5, 0.6) is 0 Å². The van der Waals surface area contributed by atoms with Gasteiger partial charge in [0.05, 0.1) is 30.5 Å². The van der Waals surface area contributed by atoms with Crippen molar-refractivity contribution < 1.29 is 9.15 Å². The molecule has 3 rings (SSSR count). The zero-order valence-electron chi connectivity index (χ0n) is 10.8. The van der Waals surface area contributed by atoms with Gasteiger partial charge >= 0.3 is 0 Å². The second-order valence-corrected chi connectivity index (χ2v) is 5.28. The highest BCUT2D eigenvalue weighted by atomic mass is 35.5. The Bertz CT molecular complexity index is 649. The number of morpholine rings is 1. The number of aromatic nitrogens is 2. The van der Waals surface area contributed by atoms with E-state index in [2.05, 4.69) is 10.00 Å². The quantitative estimate of drug-likeness (QED) is 0.816. The van der Waals surface area contributed by atoms with E-state index in [1.54, 1.807) is 10.7 Å². The molecule has 2 aromatic rings. The molecule has 0 aliphatic carbocycles. The molecular weight excluding hydrogens is 298 g/mol. The first-order valence-corrected chi connectivity index (χ1v) is 7.15. The van der Waals surface area contributed by atoms with Crippen LogP contribution in [0.3, 0.4) is 0 Å². The maximum atomic E-state index is 6.14. The van der Waals surface area contributed by atoms with Gasteiger partial charge in [0.1, 0.15) is 0 Å². The van der Waals surface area contributed by atoms with Crippen LogP contribution in [0.15, 0.2) is 28.7 Å². The van der Waals surface area contributed by atoms with E-state index in [1.165, 1.54) is 0 Å². The lowest BCUT2D eigenvalue weighted by atomic mass is 10.2. The van der Waals surface area contributed by atoms with Gasteiger partial charge in [0.25, 0.3) is 4.84 Å². The predicted molar refractivity (Wildman–Crippen MR) is 78.2 cm³/mol. The summed E-state index contributed by atoms with van der Waals surface area (Å²) in [6, 6.07) is 7.42. The molecule has 20 heavy (non-hydrogen) atoms. The van der Waals surface area contributed by atoms with Gasteiger partial charge in [-0.1, -0.05) is 23.7 Å². The molecule has 1 aliphatic heterocycles. The SMILES string of the molecule is S=c1oc(-c2ccccc2Cl)nn1CN1CCOCC1. The van der Waals surface area contributed by atoms with Crippen molar-refractivity contribution >= 4 is 23.8 Å². The van der Waals surface area contributed by atoms with Crippen LogP contribution in [0.1, 0.15) is 0 Å². The minimum absolute atomic E-state index is 0.353. The van der Waals surface area contributed by atoms with Gasteiger partial charge in [-0.25, -0.2) is 4.68 Å². The molecule has 1 aliphatic rings. The summed E-state index contributed by atoms with van der Waals surface area (Å²) >= 11 is 11.4. The molecule has 0 atom stereocenters. The Kier molecular flexibility index (Phi) is 4.16. The highest BCUT2D eigenvalue weighted by Crippen LogP contribution is 2.26. The maximum absolute atomic E-state index is 6.14. The molecule has 0 unspecified atom stereocenters. The van der Waals surface area contributed by atoms with E-state index in [-0.39, 0.29) is 0 Å². The molecule has 1 aromatic carbocycles. The van der Waals surface area contributed by atoms with Crippen molar-refractivity contribution in [3.63, 3.8) is 0 Å². The van der Waals surface area contributed by atoms with Crippen molar-refractivity contribution in [3.05, 3.63) is 34.1 Å². The third-order valence-electron chi connectivity index (χ3n) is 3.15. The van der Waals surface area contributed by atoms with Crippen LogP contribution >= 0.6 is 23.8 Å². The van der Waals surface area contributed by atoms with E-state index >= 15 is 0 Å². The van der Waals surface area contributed by atoms with Gasteiger partial charge in [-0.3, -0.25) is 4.90 Å². The van der Waals surface area contributed by atoms with Crippen LogP contribution in [-0.4, -0.2) is 41.0 Å². The molecule has 0 N–H and O–H groups in total. The van der Waals surface area contributed by atoms with Crippen LogP contribution in [0, 0.1) is 4.84 Å². The van der Waals surface area contributed by atoms with E-state index in [0.717, 1.165) is 31.9 Å². The van der Waals surface area contributed by atoms with Crippen LogP contribution < -0.4 is 0 Å². The average molecular weight is 312 g/mol. The van der Waals surface area contributed by atoms with Crippen molar-refractivity contribution in [1.82, 2.24) is 14.7 Å². The number of halogens is 1. The smallest absolute Gasteiger partial charge is 0.288 e. The number of rotatable bonds is 3. The fourth-order valence-corrected chi connectivity index (χ4v) is 2.47. The van der Waals surface area contributed by atoms with Gasteiger partial charge < -0.3 is 9.15 Å². The lowest BCUT2D eigenvalue weighted by Crippen LogP contribution is -2.37. The lowest BCUT2D eigenvalue weighted by Gasteiger charge is -2.25. The van der Waals surface area contributed by atoms with Crippen LogP contribution in [0.25, 0.3) is 11.5 Å². The summed E-state index contributed by atoms with van der Waals surface area (Å²) in [5.74, 6) is 0.453. The molecular formula is C13H14ClN3O2S. The van der Waals surface area contributed by atoms with Gasteiger partial charge in [0.2, 0.25) is 5.89 Å². The first kappa shape index (κ1) is 13.8. The van der Waals surface area contributed by atoms with Crippen molar-refractivity contribution in [1.29, 1.82) is 0 Å². The summed E-state index contributed by atoms with van der Waals surface area (Å²) < 4.78 is 12.5. The summed E-state index contributed by atoms with van der Waals surface area (Å²) in [5, 5.41) is 5.01. The lowest BCUT2D eigenvalue weighted by molar-refractivity contribution is 0.0206. The first-order valence-electron chi connectivity index (χ1n) is 6.37. The minimum atomic E-state index is 0.353. The topological polar surface area (TPSA) is 43.4 Å². The second-order valence-electron chi connectivity index (χ2n) is 4.52. The van der Waals surface area contributed by atoms with E-state index < -0.39 is 0 Å². The summed E-state index contributed by atoms with van der Waals surface area (Å²) in [6.07, 6.45) is 0. The van der Waals surface area contributed by atoms with Gasteiger partial charge in [0, 0.05) is 13.1 Å². The Labute approximate surface area is 126 Å². The van der Waals surface area contributed by atoms with Crippen LogP contribution in [0.4, 0.5) is 0 Å². The molecule has 5 nitrogen and oxygen atoms in total. The Morgan fingerprint density at radius 3 is 2.75 bits per heavy atom. The predicted octanol–water partition coefficient (Wildman–Crippen LogP) is 2.82. The van der Waals surface area contributed by atoms with Crippen molar-refractivity contribution in [3.8, 4) is 11.5 Å². The molecule has 1 saturated heterocycles. The summed E-state index contributed by atoms with van der Waals surface area (Å²) in [5.41, 5.74) is 0.751. The number of ether oxygens (including phenoxy) is 1. The zero-order valence-corrected chi connectivity index (χ0v) is 12.4. The third kappa shape index (κ3) is 2.93. The minimum Gasteiger partial charge on any atom is -0.409 e. The Morgan fingerprint density at radius 1 is 1.25 bits per heavy atom. The Balaban J connectivity index is 1.84. The molecule has 0 radical (unpaired) electrons. The molecule has 7 heteroatoms. The van der Waals surface area contributed by atoms with Gasteiger partial charge in [0.15, 0.2) is 0 Å². The van der Waals surface area contributed by atoms with Gasteiger partial charge in [-0.15, -0.1) is 5.10 Å². The highest BCUT2D eigenvalue weighted by Gasteiger charge is 2.15. The highest BCUT2D eigenvalue weighted by molar-refractivity contribution is 7.71. The normalized spacial score (nSPS) is 16.4. The zero-order chi connectivity index (χ0) is 13.9. The fraction of sp³-hybridized carbons (Fsp3) is 0.385. The summed E-state index contributed by atoms with van der Waals surface area (Å²) in [4.78, 5) is 2.57. The maximum Gasteiger partial charge on any atom is 0.288 e. The standard InChI is InChI=1S/C13H14ClN3O2S/c14-11-4-2-1-3-10(11)12-15-17(13(20)19-12)9-16-5-7-18-8-6-16/h1-4H,5-9H2. The molecule has 0 amide bonds. The second kappa shape index (κ2) is 6.05. The molecule has 106 valence electrons. The van der Waals surface area contributed by atoms with Crippen molar-refractivity contribution in [2.75, 3.05) is 26.3 Å². The molecule has 1 aromatic heterocycles. The fourth-order valence-electron chi connectivity index (χ4n) is 2.07. The van der Waals surface area contributed by atoms with Crippen LogP contribution in [-0.2, 0) is 11.4 Å². The molecule has 0 bridgehead atoms. The van der Waals surface area contributed by atoms with E-state index in [9.17, 15) is 0 Å². The van der Waals surface area contributed by atoms with E-state index in [0.29, 0.717) is 22.4 Å². The van der Waals surface area contributed by atoms with E-state index in [1.807, 2.05) is 18.2 Å². The monoisotopic (exact) mass is 311 g/mol. The first-order chi connectivity index (χ1) is 9.74. The molecule has 0 saturated carbocycles. The summed E-state index contributed by atoms with van der Waals surface area (Å²) in [7, 11) is 0. The molecule has 0 spiro atoms. The van der Waals surface area contributed by atoms with Gasteiger partial charge in [-0.2, -0.15) is 0 Å². The Morgan fingerprint density at radius 2 is 2.00 bits per heavy atom. The number of hydrogen-bond acceptors (Lipinski definition) is 5. The van der Waals surface area contributed by atoms with Gasteiger partial charge in [-0.05, 0) is 24.4 Å². The summed E-state index contributed by atoms with van der Waals surface area (Å²) in [6.45, 7) is 3.83.